The average Bonchev–Trinajstić information content (AvgIpc) is 2.77. The quantitative estimate of drug-likeness (QED) is 0.642. The Kier molecular flexibility index (Phi) is 3.41. The smallest absolute Gasteiger partial charge is 0.155 e. The molecule has 1 atom stereocenters. The number of hydrogen-bond donors (Lipinski definition) is 0. The van der Waals surface area contributed by atoms with E-state index in [1.54, 1.807) is 6.07 Å². The second-order valence-corrected chi connectivity index (χ2v) is 4.48. The van der Waals surface area contributed by atoms with Crippen LogP contribution in [0.2, 0.25) is 5.02 Å². The lowest BCUT2D eigenvalue weighted by Crippen LogP contribution is -1.97. The van der Waals surface area contributed by atoms with Gasteiger partial charge in [-0.1, -0.05) is 50.9 Å². The Morgan fingerprint density at radius 1 is 1.44 bits per heavy atom. The van der Waals surface area contributed by atoms with Gasteiger partial charge in [-0.05, 0) is 11.6 Å². The van der Waals surface area contributed by atoms with Crippen LogP contribution in [0.4, 0.5) is 0 Å². The van der Waals surface area contributed by atoms with Crippen LogP contribution >= 0.6 is 27.5 Å². The molecule has 0 aliphatic rings. The van der Waals surface area contributed by atoms with Crippen molar-refractivity contribution in [2.24, 2.45) is 0 Å². The van der Waals surface area contributed by atoms with Gasteiger partial charge in [0.05, 0.1) is 10.4 Å². The van der Waals surface area contributed by atoms with Crippen molar-refractivity contribution in [3.05, 3.63) is 52.4 Å². The summed E-state index contributed by atoms with van der Waals surface area (Å²) in [5.74, 6) is 0. The number of rotatable bonds is 3. The standard InChI is InChI=1S/C11H7BrClNO2/c12-10(8-3-1-2-4-9(8)13)11-7(5-15)6-16-14-11/h1-6,10H. The minimum Gasteiger partial charge on any atom is -0.364 e. The topological polar surface area (TPSA) is 43.1 Å². The molecule has 0 saturated heterocycles. The van der Waals surface area contributed by atoms with Crippen LogP contribution < -0.4 is 0 Å². The van der Waals surface area contributed by atoms with Crippen LogP contribution in [-0.2, 0) is 0 Å². The highest BCUT2D eigenvalue weighted by atomic mass is 79.9. The number of carbonyl (C=O) groups excluding carboxylic acids is 1. The van der Waals surface area contributed by atoms with Crippen molar-refractivity contribution in [2.75, 3.05) is 0 Å². The van der Waals surface area contributed by atoms with Gasteiger partial charge >= 0.3 is 0 Å². The molecule has 82 valence electrons. The second-order valence-electron chi connectivity index (χ2n) is 3.16. The molecule has 1 aromatic carbocycles. The number of nitrogens with zero attached hydrogens (tertiary/aromatic N) is 1. The predicted molar refractivity (Wildman–Crippen MR) is 64.1 cm³/mol. The van der Waals surface area contributed by atoms with Crippen molar-refractivity contribution < 1.29 is 9.32 Å². The summed E-state index contributed by atoms with van der Waals surface area (Å²) in [6.45, 7) is 0. The van der Waals surface area contributed by atoms with Gasteiger partial charge in [-0.15, -0.1) is 0 Å². The van der Waals surface area contributed by atoms with Crippen LogP contribution in [-0.4, -0.2) is 11.4 Å². The first kappa shape index (κ1) is 11.4. The zero-order chi connectivity index (χ0) is 11.5. The van der Waals surface area contributed by atoms with Gasteiger partial charge in [-0.3, -0.25) is 4.79 Å². The lowest BCUT2D eigenvalue weighted by atomic mass is 10.1. The molecule has 1 unspecified atom stereocenters. The van der Waals surface area contributed by atoms with E-state index in [-0.39, 0.29) is 4.83 Å². The van der Waals surface area contributed by atoms with Crippen molar-refractivity contribution in [1.82, 2.24) is 5.16 Å². The molecule has 2 aromatic rings. The molecule has 0 radical (unpaired) electrons. The summed E-state index contributed by atoms with van der Waals surface area (Å²) in [4.78, 5) is 10.5. The average molecular weight is 301 g/mol. The summed E-state index contributed by atoms with van der Waals surface area (Å²) in [7, 11) is 0. The third-order valence-corrected chi connectivity index (χ3v) is 3.44. The number of aldehydes is 1. The summed E-state index contributed by atoms with van der Waals surface area (Å²) in [5, 5.41) is 4.41. The normalized spacial score (nSPS) is 12.4. The highest BCUT2D eigenvalue weighted by molar-refractivity contribution is 9.09. The van der Waals surface area contributed by atoms with Crippen LogP contribution in [0, 0.1) is 0 Å². The fourth-order valence-electron chi connectivity index (χ4n) is 1.36. The van der Waals surface area contributed by atoms with E-state index in [2.05, 4.69) is 21.1 Å². The van der Waals surface area contributed by atoms with Crippen molar-refractivity contribution in [1.29, 1.82) is 0 Å². The third-order valence-electron chi connectivity index (χ3n) is 2.17. The van der Waals surface area contributed by atoms with E-state index in [1.165, 1.54) is 6.26 Å². The maximum Gasteiger partial charge on any atom is 0.155 e. The molecule has 5 heteroatoms. The zero-order valence-corrected chi connectivity index (χ0v) is 10.4. The first-order valence-electron chi connectivity index (χ1n) is 4.52. The van der Waals surface area contributed by atoms with Crippen molar-refractivity contribution >= 4 is 33.8 Å². The first-order valence-corrected chi connectivity index (χ1v) is 5.81. The highest BCUT2D eigenvalue weighted by Crippen LogP contribution is 2.35. The van der Waals surface area contributed by atoms with Crippen molar-refractivity contribution in [3.63, 3.8) is 0 Å². The van der Waals surface area contributed by atoms with Gasteiger partial charge in [0.15, 0.2) is 6.29 Å². The van der Waals surface area contributed by atoms with E-state index in [0.717, 1.165) is 5.56 Å². The van der Waals surface area contributed by atoms with E-state index < -0.39 is 0 Å². The second kappa shape index (κ2) is 4.80. The number of hydrogen-bond acceptors (Lipinski definition) is 3. The van der Waals surface area contributed by atoms with Gasteiger partial charge in [0, 0.05) is 5.02 Å². The van der Waals surface area contributed by atoms with E-state index in [9.17, 15) is 4.79 Å². The predicted octanol–water partition coefficient (Wildman–Crippen LogP) is 3.62. The van der Waals surface area contributed by atoms with E-state index in [1.807, 2.05) is 18.2 Å². The number of alkyl halides is 1. The molecule has 0 fully saturated rings. The monoisotopic (exact) mass is 299 g/mol. The molecule has 0 aliphatic heterocycles. The fourth-order valence-corrected chi connectivity index (χ4v) is 2.49. The lowest BCUT2D eigenvalue weighted by molar-refractivity contribution is 0.112. The lowest BCUT2D eigenvalue weighted by Gasteiger charge is -2.09. The van der Waals surface area contributed by atoms with Gasteiger partial charge in [0.2, 0.25) is 0 Å². The molecule has 0 aliphatic carbocycles. The molecular formula is C11H7BrClNO2. The Bertz CT molecular complexity index is 512. The molecule has 0 bridgehead atoms. The van der Waals surface area contributed by atoms with Gasteiger partial charge in [-0.2, -0.15) is 0 Å². The Morgan fingerprint density at radius 2 is 2.19 bits per heavy atom. The molecule has 0 N–H and O–H groups in total. The highest BCUT2D eigenvalue weighted by Gasteiger charge is 2.20. The van der Waals surface area contributed by atoms with Crippen LogP contribution in [0.5, 0.6) is 0 Å². The molecule has 0 saturated carbocycles. The van der Waals surface area contributed by atoms with Crippen LogP contribution in [0.3, 0.4) is 0 Å². The van der Waals surface area contributed by atoms with Crippen LogP contribution in [0.25, 0.3) is 0 Å². The molecule has 0 amide bonds. The fraction of sp³-hybridized carbons (Fsp3) is 0.0909. The van der Waals surface area contributed by atoms with Gasteiger partial charge in [-0.25, -0.2) is 0 Å². The molecule has 1 heterocycles. The van der Waals surface area contributed by atoms with Crippen molar-refractivity contribution in [2.45, 2.75) is 4.83 Å². The van der Waals surface area contributed by atoms with Gasteiger partial charge < -0.3 is 4.52 Å². The zero-order valence-electron chi connectivity index (χ0n) is 8.06. The Balaban J connectivity index is 2.43. The molecule has 1 aromatic heterocycles. The summed E-state index contributed by atoms with van der Waals surface area (Å²) >= 11 is 9.50. The Hall–Kier alpha value is -1.13. The van der Waals surface area contributed by atoms with Crippen LogP contribution in [0.15, 0.2) is 35.1 Å². The minimum absolute atomic E-state index is 0.250. The number of aromatic nitrogens is 1. The van der Waals surface area contributed by atoms with Gasteiger partial charge in [0.25, 0.3) is 0 Å². The minimum atomic E-state index is -0.250. The summed E-state index contributed by atoms with van der Waals surface area (Å²) in [5.41, 5.74) is 1.80. The summed E-state index contributed by atoms with van der Waals surface area (Å²) in [6, 6.07) is 7.36. The first-order chi connectivity index (χ1) is 7.74. The third kappa shape index (κ3) is 2.03. The number of carbonyl (C=O) groups is 1. The summed E-state index contributed by atoms with van der Waals surface area (Å²) < 4.78 is 4.76. The molecule has 16 heavy (non-hydrogen) atoms. The number of halogens is 2. The number of benzene rings is 1. The van der Waals surface area contributed by atoms with Gasteiger partial charge in [0.1, 0.15) is 12.0 Å². The maximum absolute atomic E-state index is 10.8. The van der Waals surface area contributed by atoms with E-state index >= 15 is 0 Å². The van der Waals surface area contributed by atoms with E-state index in [4.69, 9.17) is 16.1 Å². The summed E-state index contributed by atoms with van der Waals surface area (Å²) in [6.07, 6.45) is 2.02. The Labute approximate surface area is 106 Å². The van der Waals surface area contributed by atoms with E-state index in [0.29, 0.717) is 22.6 Å². The molecular weight excluding hydrogens is 293 g/mol. The van der Waals surface area contributed by atoms with Crippen LogP contribution in [0.1, 0.15) is 26.4 Å². The molecule has 3 nitrogen and oxygen atoms in total. The van der Waals surface area contributed by atoms with Crippen molar-refractivity contribution in [3.8, 4) is 0 Å². The molecule has 0 spiro atoms. The SMILES string of the molecule is O=Cc1conc1C(Br)c1ccccc1Cl. The Morgan fingerprint density at radius 3 is 2.88 bits per heavy atom. The molecule has 2 rings (SSSR count). The maximum atomic E-state index is 10.8. The largest absolute Gasteiger partial charge is 0.364 e.